The van der Waals surface area contributed by atoms with Crippen molar-refractivity contribution in [1.29, 1.82) is 0 Å². The van der Waals surface area contributed by atoms with Crippen LogP contribution in [-0.2, 0) is 6.42 Å². The van der Waals surface area contributed by atoms with Crippen LogP contribution >= 0.6 is 11.3 Å². The molecule has 1 fully saturated rings. The van der Waals surface area contributed by atoms with Crippen molar-refractivity contribution in [2.24, 2.45) is 11.8 Å². The fourth-order valence-electron chi connectivity index (χ4n) is 2.85. The standard InChI is InChI=1S/C14H24N2S/c15-16-14(10-13-8-9-17-11-13)7-6-12-4-2-1-3-5-12/h8-9,11-12,14,16H,1-7,10,15H2. The maximum Gasteiger partial charge on any atom is 0.0251 e. The van der Waals surface area contributed by atoms with Crippen molar-refractivity contribution < 1.29 is 0 Å². The Labute approximate surface area is 109 Å². The van der Waals surface area contributed by atoms with Crippen LogP contribution in [0.2, 0.25) is 0 Å². The average Bonchev–Trinajstić information content (AvgIpc) is 2.88. The average molecular weight is 252 g/mol. The van der Waals surface area contributed by atoms with E-state index in [1.807, 2.05) is 0 Å². The number of hydrazine groups is 1. The molecule has 96 valence electrons. The summed E-state index contributed by atoms with van der Waals surface area (Å²) in [6, 6.07) is 2.65. The van der Waals surface area contributed by atoms with Crippen LogP contribution in [0.15, 0.2) is 16.8 Å². The van der Waals surface area contributed by atoms with Crippen LogP contribution in [0, 0.1) is 5.92 Å². The van der Waals surface area contributed by atoms with E-state index in [1.54, 1.807) is 11.3 Å². The predicted molar refractivity (Wildman–Crippen MR) is 74.9 cm³/mol. The molecule has 0 spiro atoms. The normalized spacial score (nSPS) is 19.4. The van der Waals surface area contributed by atoms with Crippen molar-refractivity contribution >= 4 is 11.3 Å². The van der Waals surface area contributed by atoms with Gasteiger partial charge in [0.15, 0.2) is 0 Å². The van der Waals surface area contributed by atoms with Crippen molar-refractivity contribution in [2.45, 2.75) is 57.4 Å². The molecule has 1 atom stereocenters. The third-order valence-electron chi connectivity index (χ3n) is 3.95. The maximum atomic E-state index is 5.66. The molecule has 0 radical (unpaired) electrons. The molecule has 0 aliphatic heterocycles. The zero-order valence-corrected chi connectivity index (χ0v) is 11.3. The first kappa shape index (κ1) is 13.1. The second kappa shape index (κ2) is 7.14. The molecule has 1 aliphatic carbocycles. The van der Waals surface area contributed by atoms with Gasteiger partial charge in [0.1, 0.15) is 0 Å². The predicted octanol–water partition coefficient (Wildman–Crippen LogP) is 3.48. The van der Waals surface area contributed by atoms with Gasteiger partial charge in [0.2, 0.25) is 0 Å². The Hall–Kier alpha value is -0.380. The number of nitrogens with two attached hydrogens (primary N) is 1. The summed E-state index contributed by atoms with van der Waals surface area (Å²) in [5.41, 5.74) is 4.40. The highest BCUT2D eigenvalue weighted by molar-refractivity contribution is 7.07. The molecule has 1 unspecified atom stereocenters. The van der Waals surface area contributed by atoms with E-state index in [0.717, 1.165) is 12.3 Å². The molecular formula is C14H24N2S. The van der Waals surface area contributed by atoms with Crippen LogP contribution in [0.3, 0.4) is 0 Å². The lowest BCUT2D eigenvalue weighted by atomic mass is 9.85. The number of rotatable bonds is 6. The van der Waals surface area contributed by atoms with Crippen molar-refractivity contribution in [3.8, 4) is 0 Å². The highest BCUT2D eigenvalue weighted by atomic mass is 32.1. The first-order valence-corrected chi connectivity index (χ1v) is 7.80. The highest BCUT2D eigenvalue weighted by Gasteiger charge is 2.16. The van der Waals surface area contributed by atoms with Gasteiger partial charge in [-0.25, -0.2) is 0 Å². The van der Waals surface area contributed by atoms with Crippen LogP contribution < -0.4 is 11.3 Å². The number of thiophene rings is 1. The smallest absolute Gasteiger partial charge is 0.0251 e. The number of hydrogen-bond donors (Lipinski definition) is 2. The van der Waals surface area contributed by atoms with Gasteiger partial charge in [-0.3, -0.25) is 11.3 Å². The minimum Gasteiger partial charge on any atom is -0.271 e. The van der Waals surface area contributed by atoms with E-state index >= 15 is 0 Å². The largest absolute Gasteiger partial charge is 0.271 e. The summed E-state index contributed by atoms with van der Waals surface area (Å²) < 4.78 is 0. The zero-order chi connectivity index (χ0) is 11.9. The van der Waals surface area contributed by atoms with Gasteiger partial charge in [-0.05, 0) is 47.6 Å². The lowest BCUT2D eigenvalue weighted by Gasteiger charge is -2.23. The molecule has 1 heterocycles. The van der Waals surface area contributed by atoms with Gasteiger partial charge >= 0.3 is 0 Å². The number of nitrogens with one attached hydrogen (secondary N) is 1. The molecule has 0 bridgehead atoms. The second-order valence-electron chi connectivity index (χ2n) is 5.28. The summed E-state index contributed by atoms with van der Waals surface area (Å²) in [5.74, 6) is 6.62. The quantitative estimate of drug-likeness (QED) is 0.601. The van der Waals surface area contributed by atoms with E-state index in [9.17, 15) is 0 Å². The molecule has 17 heavy (non-hydrogen) atoms. The van der Waals surface area contributed by atoms with E-state index < -0.39 is 0 Å². The molecule has 2 nitrogen and oxygen atoms in total. The summed E-state index contributed by atoms with van der Waals surface area (Å²) in [6.07, 6.45) is 10.9. The molecule has 3 heteroatoms. The second-order valence-corrected chi connectivity index (χ2v) is 6.06. The topological polar surface area (TPSA) is 38.0 Å². The Morgan fingerprint density at radius 2 is 2.18 bits per heavy atom. The molecule has 1 aliphatic rings. The Kier molecular flexibility index (Phi) is 5.49. The van der Waals surface area contributed by atoms with Gasteiger partial charge in [-0.15, -0.1) is 0 Å². The van der Waals surface area contributed by atoms with Gasteiger partial charge in [0.25, 0.3) is 0 Å². The third kappa shape index (κ3) is 4.41. The SMILES string of the molecule is NNC(CCC1CCCCC1)Cc1ccsc1. The van der Waals surface area contributed by atoms with Gasteiger partial charge < -0.3 is 0 Å². The van der Waals surface area contributed by atoms with Crippen molar-refractivity contribution in [1.82, 2.24) is 5.43 Å². The van der Waals surface area contributed by atoms with Crippen molar-refractivity contribution in [3.63, 3.8) is 0 Å². The van der Waals surface area contributed by atoms with Gasteiger partial charge in [0.05, 0.1) is 0 Å². The van der Waals surface area contributed by atoms with Crippen molar-refractivity contribution in [2.75, 3.05) is 0 Å². The summed E-state index contributed by atoms with van der Waals surface area (Å²) in [7, 11) is 0. The lowest BCUT2D eigenvalue weighted by molar-refractivity contribution is 0.313. The highest BCUT2D eigenvalue weighted by Crippen LogP contribution is 2.28. The monoisotopic (exact) mass is 252 g/mol. The Morgan fingerprint density at radius 3 is 2.82 bits per heavy atom. The van der Waals surface area contributed by atoms with Crippen LogP contribution in [0.4, 0.5) is 0 Å². The molecule has 3 N–H and O–H groups in total. The lowest BCUT2D eigenvalue weighted by Crippen LogP contribution is -2.37. The van der Waals surface area contributed by atoms with Crippen LogP contribution in [0.5, 0.6) is 0 Å². The summed E-state index contributed by atoms with van der Waals surface area (Å²) >= 11 is 1.77. The van der Waals surface area contributed by atoms with Gasteiger partial charge in [-0.2, -0.15) is 11.3 Å². The molecule has 0 amide bonds. The molecule has 1 saturated carbocycles. The van der Waals surface area contributed by atoms with Crippen LogP contribution in [-0.4, -0.2) is 6.04 Å². The zero-order valence-electron chi connectivity index (χ0n) is 10.5. The maximum absolute atomic E-state index is 5.66. The van der Waals surface area contributed by atoms with Crippen LogP contribution in [0.25, 0.3) is 0 Å². The Morgan fingerprint density at radius 1 is 1.35 bits per heavy atom. The molecular weight excluding hydrogens is 228 g/mol. The van der Waals surface area contributed by atoms with Gasteiger partial charge in [-0.1, -0.05) is 32.1 Å². The molecule has 0 saturated heterocycles. The van der Waals surface area contributed by atoms with Crippen molar-refractivity contribution in [3.05, 3.63) is 22.4 Å². The summed E-state index contributed by atoms with van der Waals surface area (Å²) in [4.78, 5) is 0. The van der Waals surface area contributed by atoms with E-state index in [-0.39, 0.29) is 0 Å². The summed E-state index contributed by atoms with van der Waals surface area (Å²) in [5, 5.41) is 4.37. The molecule has 1 aromatic rings. The molecule has 0 aromatic carbocycles. The fourth-order valence-corrected chi connectivity index (χ4v) is 3.53. The first-order chi connectivity index (χ1) is 8.38. The fraction of sp³-hybridized carbons (Fsp3) is 0.714. The summed E-state index contributed by atoms with van der Waals surface area (Å²) in [6.45, 7) is 0. The van der Waals surface area contributed by atoms with E-state index in [0.29, 0.717) is 6.04 Å². The van der Waals surface area contributed by atoms with E-state index in [1.165, 1.54) is 50.5 Å². The minimum absolute atomic E-state index is 0.450. The number of hydrogen-bond acceptors (Lipinski definition) is 3. The van der Waals surface area contributed by atoms with Gasteiger partial charge in [0, 0.05) is 6.04 Å². The molecule has 1 aromatic heterocycles. The minimum atomic E-state index is 0.450. The van der Waals surface area contributed by atoms with Crippen LogP contribution in [0.1, 0.15) is 50.5 Å². The molecule has 2 rings (SSSR count). The van der Waals surface area contributed by atoms with E-state index in [2.05, 4.69) is 22.3 Å². The third-order valence-corrected chi connectivity index (χ3v) is 4.68. The van der Waals surface area contributed by atoms with E-state index in [4.69, 9.17) is 5.84 Å². The Balaban J connectivity index is 1.71. The Bertz CT molecular complexity index is 291. The first-order valence-electron chi connectivity index (χ1n) is 6.85.